The van der Waals surface area contributed by atoms with E-state index in [1.165, 1.54) is 38.2 Å². The van der Waals surface area contributed by atoms with Gasteiger partial charge in [-0.25, -0.2) is 8.78 Å². The van der Waals surface area contributed by atoms with Crippen LogP contribution in [0.2, 0.25) is 0 Å². The number of rotatable bonds is 3. The molecule has 2 nitrogen and oxygen atoms in total. The van der Waals surface area contributed by atoms with Crippen molar-refractivity contribution >= 4 is 11.4 Å². The van der Waals surface area contributed by atoms with Gasteiger partial charge in [-0.15, -0.1) is 0 Å². The Morgan fingerprint density at radius 2 is 1.68 bits per heavy atom. The molecule has 0 aliphatic heterocycles. The highest BCUT2D eigenvalue weighted by Gasteiger charge is 2.17. The van der Waals surface area contributed by atoms with E-state index in [2.05, 4.69) is 5.32 Å². The summed E-state index contributed by atoms with van der Waals surface area (Å²) < 4.78 is 26.0. The van der Waals surface area contributed by atoms with Crippen molar-refractivity contribution in [1.82, 2.24) is 0 Å². The highest BCUT2D eigenvalue weighted by molar-refractivity contribution is 5.59. The van der Waals surface area contributed by atoms with Gasteiger partial charge in [0.25, 0.3) is 6.43 Å². The first-order valence-electron chi connectivity index (χ1n) is 7.11. The molecule has 1 fully saturated rings. The van der Waals surface area contributed by atoms with Gasteiger partial charge in [0.15, 0.2) is 0 Å². The number of hydrogen-bond donors (Lipinski definition) is 2. The number of anilines is 2. The van der Waals surface area contributed by atoms with Gasteiger partial charge in [-0.2, -0.15) is 0 Å². The average molecular weight is 268 g/mol. The number of halogens is 2. The lowest BCUT2D eigenvalue weighted by Crippen LogP contribution is -2.21. The van der Waals surface area contributed by atoms with Crippen molar-refractivity contribution in [2.24, 2.45) is 0 Å². The second kappa shape index (κ2) is 6.73. The highest BCUT2D eigenvalue weighted by Crippen LogP contribution is 2.31. The summed E-state index contributed by atoms with van der Waals surface area (Å²) in [5.41, 5.74) is 6.52. The van der Waals surface area contributed by atoms with Gasteiger partial charge in [-0.05, 0) is 31.0 Å². The minimum Gasteiger partial charge on any atom is -0.399 e. The van der Waals surface area contributed by atoms with Crippen molar-refractivity contribution in [2.45, 2.75) is 57.4 Å². The Hall–Kier alpha value is -1.32. The molecule has 0 atom stereocenters. The number of alkyl halides is 2. The van der Waals surface area contributed by atoms with Crippen LogP contribution in [0.1, 0.15) is 56.9 Å². The molecular formula is C15H22F2N2. The third kappa shape index (κ3) is 4.08. The highest BCUT2D eigenvalue weighted by atomic mass is 19.3. The van der Waals surface area contributed by atoms with E-state index >= 15 is 0 Å². The van der Waals surface area contributed by atoms with E-state index in [0.29, 0.717) is 17.4 Å². The van der Waals surface area contributed by atoms with Crippen molar-refractivity contribution in [3.05, 3.63) is 23.8 Å². The summed E-state index contributed by atoms with van der Waals surface area (Å²) in [6.45, 7) is 0. The molecule has 0 spiro atoms. The number of nitrogens with two attached hydrogens (primary N) is 1. The number of hydrogen-bond acceptors (Lipinski definition) is 2. The van der Waals surface area contributed by atoms with Crippen LogP contribution in [0.15, 0.2) is 18.2 Å². The molecule has 0 heterocycles. The second-order valence-electron chi connectivity index (χ2n) is 5.33. The lowest BCUT2D eigenvalue weighted by atomic mass is 9.96. The molecule has 106 valence electrons. The lowest BCUT2D eigenvalue weighted by molar-refractivity contribution is 0.152. The topological polar surface area (TPSA) is 38.0 Å². The molecule has 1 aromatic carbocycles. The number of nitrogen functional groups attached to an aromatic ring is 1. The fraction of sp³-hybridized carbons (Fsp3) is 0.600. The van der Waals surface area contributed by atoms with Crippen molar-refractivity contribution in [3.63, 3.8) is 0 Å². The molecule has 0 unspecified atom stereocenters. The Morgan fingerprint density at radius 3 is 2.32 bits per heavy atom. The zero-order valence-corrected chi connectivity index (χ0v) is 11.2. The smallest absolute Gasteiger partial charge is 0.265 e. The van der Waals surface area contributed by atoms with Crippen molar-refractivity contribution < 1.29 is 8.78 Å². The van der Waals surface area contributed by atoms with Crippen LogP contribution >= 0.6 is 0 Å². The standard InChI is InChI=1S/C15H22F2N2/c16-15(17)13-10-11(18)8-9-14(13)19-12-6-4-2-1-3-5-7-12/h8-10,12,15,19H,1-7,18H2. The molecule has 0 aromatic heterocycles. The van der Waals surface area contributed by atoms with Crippen molar-refractivity contribution in [1.29, 1.82) is 0 Å². The molecule has 0 bridgehead atoms. The third-order valence-electron chi connectivity index (χ3n) is 3.78. The predicted molar refractivity (Wildman–Crippen MR) is 75.5 cm³/mol. The molecule has 2 rings (SSSR count). The second-order valence-corrected chi connectivity index (χ2v) is 5.33. The maximum absolute atomic E-state index is 13.0. The van der Waals surface area contributed by atoms with E-state index in [4.69, 9.17) is 5.73 Å². The fourth-order valence-corrected chi connectivity index (χ4v) is 2.71. The van der Waals surface area contributed by atoms with Crippen LogP contribution in [0.3, 0.4) is 0 Å². The monoisotopic (exact) mass is 268 g/mol. The zero-order valence-electron chi connectivity index (χ0n) is 11.2. The van der Waals surface area contributed by atoms with Crippen LogP contribution < -0.4 is 11.1 Å². The van der Waals surface area contributed by atoms with Crippen LogP contribution in [-0.4, -0.2) is 6.04 Å². The first-order chi connectivity index (χ1) is 9.16. The van der Waals surface area contributed by atoms with Crippen LogP contribution in [0.4, 0.5) is 20.2 Å². The maximum Gasteiger partial charge on any atom is 0.265 e. The Bertz CT molecular complexity index is 399. The molecule has 1 saturated carbocycles. The Kier molecular flexibility index (Phi) is 5.00. The zero-order chi connectivity index (χ0) is 13.7. The van der Waals surface area contributed by atoms with E-state index in [0.717, 1.165) is 12.8 Å². The number of nitrogens with one attached hydrogen (secondary N) is 1. The summed E-state index contributed by atoms with van der Waals surface area (Å²) in [5.74, 6) is 0. The average Bonchev–Trinajstić information content (AvgIpc) is 2.34. The summed E-state index contributed by atoms with van der Waals surface area (Å²) in [4.78, 5) is 0. The van der Waals surface area contributed by atoms with E-state index in [1.54, 1.807) is 12.1 Å². The lowest BCUT2D eigenvalue weighted by Gasteiger charge is -2.23. The maximum atomic E-state index is 13.0. The van der Waals surface area contributed by atoms with Crippen LogP contribution in [-0.2, 0) is 0 Å². The molecule has 19 heavy (non-hydrogen) atoms. The van der Waals surface area contributed by atoms with Crippen LogP contribution in [0.25, 0.3) is 0 Å². The minimum atomic E-state index is -2.49. The van der Waals surface area contributed by atoms with Gasteiger partial charge in [-0.3, -0.25) is 0 Å². The van der Waals surface area contributed by atoms with Gasteiger partial charge in [-0.1, -0.05) is 32.1 Å². The van der Waals surface area contributed by atoms with Gasteiger partial charge < -0.3 is 11.1 Å². The van der Waals surface area contributed by atoms with Gasteiger partial charge in [0.1, 0.15) is 0 Å². The minimum absolute atomic E-state index is 0.0158. The Balaban J connectivity index is 2.08. The summed E-state index contributed by atoms with van der Waals surface area (Å²) >= 11 is 0. The quantitative estimate of drug-likeness (QED) is 0.778. The number of benzene rings is 1. The fourth-order valence-electron chi connectivity index (χ4n) is 2.71. The van der Waals surface area contributed by atoms with E-state index in [-0.39, 0.29) is 5.56 Å². The molecule has 0 saturated heterocycles. The first-order valence-corrected chi connectivity index (χ1v) is 7.11. The molecular weight excluding hydrogens is 246 g/mol. The van der Waals surface area contributed by atoms with Gasteiger partial charge >= 0.3 is 0 Å². The summed E-state index contributed by atoms with van der Waals surface area (Å²) in [6.07, 6.45) is 5.80. The molecule has 0 radical (unpaired) electrons. The van der Waals surface area contributed by atoms with E-state index in [9.17, 15) is 8.78 Å². The molecule has 3 N–H and O–H groups in total. The molecule has 1 aromatic rings. The molecule has 1 aliphatic rings. The van der Waals surface area contributed by atoms with Gasteiger partial charge in [0.2, 0.25) is 0 Å². The van der Waals surface area contributed by atoms with E-state index < -0.39 is 6.43 Å². The summed E-state index contributed by atoms with van der Waals surface area (Å²) in [5, 5.41) is 3.29. The third-order valence-corrected chi connectivity index (χ3v) is 3.78. The van der Waals surface area contributed by atoms with Gasteiger partial charge in [0, 0.05) is 23.0 Å². The van der Waals surface area contributed by atoms with Crippen molar-refractivity contribution in [2.75, 3.05) is 11.1 Å². The van der Waals surface area contributed by atoms with Crippen LogP contribution in [0, 0.1) is 0 Å². The van der Waals surface area contributed by atoms with Gasteiger partial charge in [0.05, 0.1) is 0 Å². The largest absolute Gasteiger partial charge is 0.399 e. The predicted octanol–water partition coefficient (Wildman–Crippen LogP) is 4.73. The first kappa shape index (κ1) is 14.1. The molecule has 4 heteroatoms. The molecule has 0 amide bonds. The summed E-state index contributed by atoms with van der Waals surface area (Å²) in [6, 6.07) is 5.03. The SMILES string of the molecule is Nc1ccc(NC2CCCCCCC2)c(C(F)F)c1. The molecule has 1 aliphatic carbocycles. The van der Waals surface area contributed by atoms with E-state index in [1.807, 2.05) is 0 Å². The summed E-state index contributed by atoms with van der Waals surface area (Å²) in [7, 11) is 0. The normalized spacial score (nSPS) is 18.1. The van der Waals surface area contributed by atoms with Crippen LogP contribution in [0.5, 0.6) is 0 Å². The van der Waals surface area contributed by atoms with Crippen molar-refractivity contribution in [3.8, 4) is 0 Å². The Morgan fingerprint density at radius 1 is 1.05 bits per heavy atom. The Labute approximate surface area is 113 Å².